The molecule has 1 N–H and O–H groups in total. The molecule has 0 atom stereocenters. The molecule has 1 amide bonds. The first-order valence-corrected chi connectivity index (χ1v) is 6.77. The van der Waals surface area contributed by atoms with Crippen LogP contribution in [0.3, 0.4) is 0 Å². The van der Waals surface area contributed by atoms with E-state index < -0.39 is 17.5 Å². The van der Waals surface area contributed by atoms with E-state index in [0.717, 1.165) is 12.1 Å². The Morgan fingerprint density at radius 2 is 2.05 bits per heavy atom. The summed E-state index contributed by atoms with van der Waals surface area (Å²) in [5.74, 6) is -2.27. The Labute approximate surface area is 129 Å². The smallest absolute Gasteiger partial charge is 0.254 e. The van der Waals surface area contributed by atoms with Gasteiger partial charge in [-0.1, -0.05) is 11.6 Å². The predicted octanol–water partition coefficient (Wildman–Crippen LogP) is 3.20. The van der Waals surface area contributed by atoms with Crippen LogP contribution in [-0.2, 0) is 6.54 Å². The van der Waals surface area contributed by atoms with E-state index in [1.807, 2.05) is 0 Å². The van der Waals surface area contributed by atoms with Crippen molar-refractivity contribution >= 4 is 23.2 Å². The van der Waals surface area contributed by atoms with Crippen LogP contribution in [0, 0.1) is 11.6 Å². The number of imidazole rings is 1. The van der Waals surface area contributed by atoms with Gasteiger partial charge in [-0.25, -0.2) is 13.8 Å². The monoisotopic (exact) mass is 321 g/mol. The van der Waals surface area contributed by atoms with Gasteiger partial charge >= 0.3 is 0 Å². The molecule has 7 heteroatoms. The maximum absolute atomic E-state index is 13.5. The number of amides is 1. The highest BCUT2D eigenvalue weighted by Crippen LogP contribution is 2.12. The van der Waals surface area contributed by atoms with Gasteiger partial charge < -0.3 is 9.72 Å². The highest BCUT2D eigenvalue weighted by Gasteiger charge is 2.12. The number of aromatic nitrogens is 2. The molecule has 3 aromatic rings. The summed E-state index contributed by atoms with van der Waals surface area (Å²) in [4.78, 5) is 16.2. The molecule has 112 valence electrons. The number of nitrogens with zero attached hydrogens (tertiary/aromatic N) is 2. The average Bonchev–Trinajstić information content (AvgIpc) is 2.86. The molecule has 1 aromatic carbocycles. The van der Waals surface area contributed by atoms with E-state index in [1.54, 1.807) is 28.9 Å². The Kier molecular flexibility index (Phi) is 3.77. The molecule has 0 radical (unpaired) electrons. The highest BCUT2D eigenvalue weighted by molar-refractivity contribution is 6.30. The van der Waals surface area contributed by atoms with E-state index in [4.69, 9.17) is 11.6 Å². The zero-order valence-corrected chi connectivity index (χ0v) is 11.9. The number of hydrogen-bond donors (Lipinski definition) is 1. The van der Waals surface area contributed by atoms with Crippen molar-refractivity contribution < 1.29 is 13.6 Å². The van der Waals surface area contributed by atoms with Gasteiger partial charge in [-0.15, -0.1) is 0 Å². The van der Waals surface area contributed by atoms with Crippen LogP contribution in [0.5, 0.6) is 0 Å². The molecular weight excluding hydrogens is 312 g/mol. The highest BCUT2D eigenvalue weighted by atomic mass is 35.5. The second kappa shape index (κ2) is 5.73. The van der Waals surface area contributed by atoms with E-state index in [9.17, 15) is 13.6 Å². The van der Waals surface area contributed by atoms with Gasteiger partial charge in [0, 0.05) is 18.5 Å². The first-order valence-electron chi connectivity index (χ1n) is 6.39. The lowest BCUT2D eigenvalue weighted by molar-refractivity contribution is 0.0946. The van der Waals surface area contributed by atoms with Crippen LogP contribution >= 0.6 is 11.6 Å². The van der Waals surface area contributed by atoms with Crippen LogP contribution in [0.2, 0.25) is 5.02 Å². The fourth-order valence-electron chi connectivity index (χ4n) is 2.04. The van der Waals surface area contributed by atoms with Crippen molar-refractivity contribution in [2.45, 2.75) is 6.54 Å². The van der Waals surface area contributed by atoms with Gasteiger partial charge in [-0.2, -0.15) is 0 Å². The van der Waals surface area contributed by atoms with E-state index in [-0.39, 0.29) is 12.1 Å². The van der Waals surface area contributed by atoms with Crippen molar-refractivity contribution in [1.29, 1.82) is 0 Å². The molecule has 0 saturated carbocycles. The summed E-state index contributed by atoms with van der Waals surface area (Å²) in [6.45, 7) is 0.120. The van der Waals surface area contributed by atoms with Crippen molar-refractivity contribution in [3.8, 4) is 0 Å². The van der Waals surface area contributed by atoms with Crippen molar-refractivity contribution in [3.63, 3.8) is 0 Å². The van der Waals surface area contributed by atoms with Crippen LogP contribution in [-0.4, -0.2) is 15.3 Å². The molecule has 3 rings (SSSR count). The molecular formula is C15H10ClF2N3O. The zero-order valence-electron chi connectivity index (χ0n) is 11.2. The lowest BCUT2D eigenvalue weighted by Gasteiger charge is -2.04. The Morgan fingerprint density at radius 3 is 2.82 bits per heavy atom. The summed E-state index contributed by atoms with van der Waals surface area (Å²) >= 11 is 5.88. The molecule has 0 spiro atoms. The second-order valence-electron chi connectivity index (χ2n) is 4.65. The molecule has 0 fully saturated rings. The number of fused-ring (bicyclic) bond motifs is 1. The predicted molar refractivity (Wildman–Crippen MR) is 77.7 cm³/mol. The molecule has 2 heterocycles. The molecule has 4 nitrogen and oxygen atoms in total. The van der Waals surface area contributed by atoms with Gasteiger partial charge in [0.25, 0.3) is 5.91 Å². The Hall–Kier alpha value is -2.47. The summed E-state index contributed by atoms with van der Waals surface area (Å²) in [6, 6.07) is 6.25. The largest absolute Gasteiger partial charge is 0.346 e. The molecule has 0 aliphatic heterocycles. The Bertz CT molecular complexity index is 863. The minimum absolute atomic E-state index is 0.120. The quantitative estimate of drug-likeness (QED) is 0.805. The molecule has 0 unspecified atom stereocenters. The normalized spacial score (nSPS) is 10.9. The number of rotatable bonds is 3. The van der Waals surface area contributed by atoms with Crippen molar-refractivity contribution in [2.24, 2.45) is 0 Å². The first-order chi connectivity index (χ1) is 10.5. The van der Waals surface area contributed by atoms with Gasteiger partial charge in [0.1, 0.15) is 17.3 Å². The van der Waals surface area contributed by atoms with Crippen LogP contribution in [0.15, 0.2) is 42.7 Å². The summed E-state index contributed by atoms with van der Waals surface area (Å²) in [5.41, 5.74) is 1.06. The number of benzene rings is 1. The minimum atomic E-state index is -0.903. The summed E-state index contributed by atoms with van der Waals surface area (Å²) in [5, 5.41) is 3.10. The Morgan fingerprint density at radius 1 is 1.23 bits per heavy atom. The molecule has 0 saturated heterocycles. The third-order valence-electron chi connectivity index (χ3n) is 3.07. The second-order valence-corrected chi connectivity index (χ2v) is 5.09. The van der Waals surface area contributed by atoms with Gasteiger partial charge in [-0.05, 0) is 24.3 Å². The number of hydrogen-bond acceptors (Lipinski definition) is 2. The lowest BCUT2D eigenvalue weighted by Crippen LogP contribution is -2.24. The summed E-state index contributed by atoms with van der Waals surface area (Å²) in [7, 11) is 0. The van der Waals surface area contributed by atoms with Crippen molar-refractivity contribution in [3.05, 3.63) is 70.6 Å². The third-order valence-corrected chi connectivity index (χ3v) is 3.29. The molecule has 0 aliphatic carbocycles. The van der Waals surface area contributed by atoms with Gasteiger partial charge in [0.15, 0.2) is 0 Å². The number of nitrogens with one attached hydrogen (secondary N) is 1. The van der Waals surface area contributed by atoms with Gasteiger partial charge in [-0.3, -0.25) is 4.79 Å². The molecule has 0 aliphatic rings. The van der Waals surface area contributed by atoms with E-state index in [1.165, 1.54) is 0 Å². The van der Waals surface area contributed by atoms with Crippen LogP contribution in [0.4, 0.5) is 8.78 Å². The third kappa shape index (κ3) is 2.92. The number of carbonyl (C=O) groups excluding carboxylic acids is 1. The SMILES string of the molecule is O=C(NCc1cn2cc(Cl)ccc2n1)c1ccc(F)cc1F. The lowest BCUT2D eigenvalue weighted by atomic mass is 10.2. The van der Waals surface area contributed by atoms with Gasteiger partial charge in [0.05, 0.1) is 22.8 Å². The number of pyridine rings is 1. The van der Waals surface area contributed by atoms with E-state index in [0.29, 0.717) is 22.4 Å². The molecule has 0 bridgehead atoms. The standard InChI is InChI=1S/C15H10ClF2N3O/c16-9-1-4-14-20-11(8-21(14)7-9)6-19-15(22)12-3-2-10(17)5-13(12)18/h1-5,7-8H,6H2,(H,19,22). The maximum Gasteiger partial charge on any atom is 0.254 e. The first kappa shape index (κ1) is 14.5. The topological polar surface area (TPSA) is 46.4 Å². The summed E-state index contributed by atoms with van der Waals surface area (Å²) < 4.78 is 28.0. The number of carbonyl (C=O) groups is 1. The van der Waals surface area contributed by atoms with Crippen molar-refractivity contribution in [2.75, 3.05) is 0 Å². The Balaban J connectivity index is 1.74. The zero-order chi connectivity index (χ0) is 15.7. The number of halogens is 3. The van der Waals surface area contributed by atoms with Gasteiger partial charge in [0.2, 0.25) is 0 Å². The van der Waals surface area contributed by atoms with E-state index >= 15 is 0 Å². The molecule has 22 heavy (non-hydrogen) atoms. The minimum Gasteiger partial charge on any atom is -0.346 e. The summed E-state index contributed by atoms with van der Waals surface area (Å²) in [6.07, 6.45) is 3.40. The van der Waals surface area contributed by atoms with Crippen LogP contribution in [0.25, 0.3) is 5.65 Å². The van der Waals surface area contributed by atoms with Crippen LogP contribution in [0.1, 0.15) is 16.1 Å². The average molecular weight is 322 g/mol. The van der Waals surface area contributed by atoms with Crippen LogP contribution < -0.4 is 5.32 Å². The maximum atomic E-state index is 13.5. The van der Waals surface area contributed by atoms with Crippen molar-refractivity contribution in [1.82, 2.24) is 14.7 Å². The fraction of sp³-hybridized carbons (Fsp3) is 0.0667. The fourth-order valence-corrected chi connectivity index (χ4v) is 2.21. The molecule has 2 aromatic heterocycles. The van der Waals surface area contributed by atoms with E-state index in [2.05, 4.69) is 10.3 Å².